The van der Waals surface area contributed by atoms with Crippen molar-refractivity contribution in [3.63, 3.8) is 0 Å². The lowest BCUT2D eigenvalue weighted by atomic mass is 10.0. The molecule has 0 aliphatic heterocycles. The van der Waals surface area contributed by atoms with Crippen LogP contribution in [0, 0.1) is 5.82 Å². The summed E-state index contributed by atoms with van der Waals surface area (Å²) in [6.07, 6.45) is 13.9. The van der Waals surface area contributed by atoms with E-state index < -0.39 is 0 Å². The quantitative estimate of drug-likeness (QED) is 0.621. The maximum absolute atomic E-state index is 13.4. The Bertz CT molecular complexity index is 341. The third-order valence-corrected chi connectivity index (χ3v) is 3.57. The van der Waals surface area contributed by atoms with Gasteiger partial charge in [-0.2, -0.15) is 0 Å². The van der Waals surface area contributed by atoms with Crippen LogP contribution in [0.5, 0.6) is 0 Å². The average molecular weight is 266 g/mol. The predicted molar refractivity (Wildman–Crippen MR) is 78.4 cm³/mol. The van der Waals surface area contributed by atoms with Gasteiger partial charge in [-0.25, -0.2) is 4.39 Å². The fourth-order valence-corrected chi connectivity index (χ4v) is 2.34. The first-order valence-corrected chi connectivity index (χ1v) is 7.60. The summed E-state index contributed by atoms with van der Waals surface area (Å²) in [5, 5.41) is 0. The molecule has 2 nitrogen and oxygen atoms in total. The van der Waals surface area contributed by atoms with E-state index in [1.54, 1.807) is 12.3 Å². The van der Waals surface area contributed by atoms with Crippen LogP contribution in [0.4, 0.5) is 4.39 Å². The first kappa shape index (κ1) is 16.1. The van der Waals surface area contributed by atoms with Gasteiger partial charge in [-0.1, -0.05) is 58.3 Å². The predicted octanol–water partition coefficient (Wildman–Crippen LogP) is 4.75. The summed E-state index contributed by atoms with van der Waals surface area (Å²) in [7, 11) is 0. The van der Waals surface area contributed by atoms with Crippen LogP contribution in [0.3, 0.4) is 0 Å². The molecule has 2 N–H and O–H groups in total. The Kier molecular flexibility index (Phi) is 8.39. The average Bonchev–Trinajstić information content (AvgIpc) is 2.42. The van der Waals surface area contributed by atoms with E-state index in [1.807, 2.05) is 0 Å². The maximum Gasteiger partial charge on any atom is 0.146 e. The molecule has 1 heterocycles. The van der Waals surface area contributed by atoms with E-state index in [9.17, 15) is 4.39 Å². The Hall–Kier alpha value is -0.960. The highest BCUT2D eigenvalue weighted by molar-refractivity contribution is 5.16. The van der Waals surface area contributed by atoms with E-state index in [-0.39, 0.29) is 11.9 Å². The summed E-state index contributed by atoms with van der Waals surface area (Å²) in [4.78, 5) is 3.74. The third-order valence-electron chi connectivity index (χ3n) is 3.57. The molecule has 0 fully saturated rings. The molecule has 0 aromatic carbocycles. The van der Waals surface area contributed by atoms with Gasteiger partial charge in [0.05, 0.1) is 6.20 Å². The van der Waals surface area contributed by atoms with Crippen molar-refractivity contribution in [3.8, 4) is 0 Å². The van der Waals surface area contributed by atoms with Crippen molar-refractivity contribution in [1.82, 2.24) is 4.98 Å². The van der Waals surface area contributed by atoms with Gasteiger partial charge in [-0.3, -0.25) is 4.98 Å². The molecule has 1 aromatic rings. The van der Waals surface area contributed by atoms with Crippen LogP contribution in [0.25, 0.3) is 0 Å². The lowest BCUT2D eigenvalue weighted by molar-refractivity contribution is 0.516. The fraction of sp³-hybridized carbons (Fsp3) is 0.688. The van der Waals surface area contributed by atoms with Crippen molar-refractivity contribution in [2.24, 2.45) is 5.73 Å². The lowest BCUT2D eigenvalue weighted by Gasteiger charge is -2.12. The first-order chi connectivity index (χ1) is 9.25. The summed E-state index contributed by atoms with van der Waals surface area (Å²) >= 11 is 0. The molecule has 1 atom stereocenters. The van der Waals surface area contributed by atoms with Gasteiger partial charge in [0.15, 0.2) is 0 Å². The number of aromatic nitrogens is 1. The minimum Gasteiger partial charge on any atom is -0.324 e. The van der Waals surface area contributed by atoms with Crippen LogP contribution in [0.15, 0.2) is 18.5 Å². The van der Waals surface area contributed by atoms with Crippen LogP contribution in [-0.2, 0) is 0 Å². The highest BCUT2D eigenvalue weighted by atomic mass is 19.1. The van der Waals surface area contributed by atoms with Crippen molar-refractivity contribution in [3.05, 3.63) is 29.8 Å². The molecule has 3 heteroatoms. The van der Waals surface area contributed by atoms with Crippen molar-refractivity contribution in [1.29, 1.82) is 0 Å². The molecule has 0 saturated heterocycles. The number of rotatable bonds is 10. The number of pyridine rings is 1. The number of nitrogens with zero attached hydrogens (tertiary/aromatic N) is 1. The Labute approximate surface area is 116 Å². The summed E-state index contributed by atoms with van der Waals surface area (Å²) in [6.45, 7) is 2.24. The van der Waals surface area contributed by atoms with Crippen LogP contribution >= 0.6 is 0 Å². The highest BCUT2D eigenvalue weighted by Crippen LogP contribution is 2.20. The third kappa shape index (κ3) is 6.67. The van der Waals surface area contributed by atoms with E-state index in [2.05, 4.69) is 11.9 Å². The summed E-state index contributed by atoms with van der Waals surface area (Å²) in [5.41, 5.74) is 6.60. The molecule has 0 radical (unpaired) electrons. The Morgan fingerprint density at radius 3 is 2.37 bits per heavy atom. The molecule has 108 valence electrons. The molecule has 0 saturated carbocycles. The molecule has 0 spiro atoms. The SMILES string of the molecule is CCCCCCCCCCC(N)c1ccncc1F. The second kappa shape index (κ2) is 9.90. The van der Waals surface area contributed by atoms with Gasteiger partial charge in [0.25, 0.3) is 0 Å². The zero-order valence-electron chi connectivity index (χ0n) is 12.1. The molecule has 1 unspecified atom stereocenters. The maximum atomic E-state index is 13.4. The van der Waals surface area contributed by atoms with Crippen LogP contribution < -0.4 is 5.73 Å². The van der Waals surface area contributed by atoms with Crippen molar-refractivity contribution >= 4 is 0 Å². The molecule has 0 aliphatic carbocycles. The minimum atomic E-state index is -0.283. The monoisotopic (exact) mass is 266 g/mol. The van der Waals surface area contributed by atoms with E-state index in [4.69, 9.17) is 5.73 Å². The van der Waals surface area contributed by atoms with E-state index in [0.717, 1.165) is 12.8 Å². The molecule has 0 aliphatic rings. The standard InChI is InChI=1S/C16H27FN2/c1-2-3-4-5-6-7-8-9-10-16(18)14-11-12-19-13-15(14)17/h11-13,16H,2-10,18H2,1H3. The Morgan fingerprint density at radius 2 is 1.74 bits per heavy atom. The molecule has 0 amide bonds. The zero-order chi connectivity index (χ0) is 13.9. The fourth-order valence-electron chi connectivity index (χ4n) is 2.34. The normalized spacial score (nSPS) is 12.6. The number of hydrogen-bond donors (Lipinski definition) is 1. The zero-order valence-corrected chi connectivity index (χ0v) is 12.1. The number of nitrogens with two attached hydrogens (primary N) is 1. The van der Waals surface area contributed by atoms with Crippen LogP contribution in [-0.4, -0.2) is 4.98 Å². The second-order valence-electron chi connectivity index (χ2n) is 5.27. The number of halogens is 1. The molecule has 19 heavy (non-hydrogen) atoms. The van der Waals surface area contributed by atoms with E-state index in [1.165, 1.54) is 51.1 Å². The van der Waals surface area contributed by atoms with Gasteiger partial charge in [-0.15, -0.1) is 0 Å². The van der Waals surface area contributed by atoms with Gasteiger partial charge in [0, 0.05) is 17.8 Å². The smallest absolute Gasteiger partial charge is 0.146 e. The summed E-state index contributed by atoms with van der Waals surface area (Å²) < 4.78 is 13.4. The number of unbranched alkanes of at least 4 members (excludes halogenated alkanes) is 7. The van der Waals surface area contributed by atoms with Gasteiger partial charge >= 0.3 is 0 Å². The molecular weight excluding hydrogens is 239 g/mol. The Morgan fingerprint density at radius 1 is 1.11 bits per heavy atom. The van der Waals surface area contributed by atoms with Gasteiger partial charge in [0.2, 0.25) is 0 Å². The van der Waals surface area contributed by atoms with Crippen molar-refractivity contribution < 1.29 is 4.39 Å². The first-order valence-electron chi connectivity index (χ1n) is 7.60. The van der Waals surface area contributed by atoms with E-state index >= 15 is 0 Å². The largest absolute Gasteiger partial charge is 0.324 e. The highest BCUT2D eigenvalue weighted by Gasteiger charge is 2.10. The molecule has 1 rings (SSSR count). The lowest BCUT2D eigenvalue weighted by Crippen LogP contribution is -2.12. The van der Waals surface area contributed by atoms with Gasteiger partial charge < -0.3 is 5.73 Å². The molecule has 0 bridgehead atoms. The van der Waals surface area contributed by atoms with Gasteiger partial charge in [0.1, 0.15) is 5.82 Å². The van der Waals surface area contributed by atoms with Crippen LogP contribution in [0.1, 0.15) is 76.3 Å². The second-order valence-corrected chi connectivity index (χ2v) is 5.27. The summed E-state index contributed by atoms with van der Waals surface area (Å²) in [6, 6.07) is 1.49. The van der Waals surface area contributed by atoms with E-state index in [0.29, 0.717) is 5.56 Å². The summed E-state index contributed by atoms with van der Waals surface area (Å²) in [5.74, 6) is -0.283. The van der Waals surface area contributed by atoms with Crippen LogP contribution in [0.2, 0.25) is 0 Å². The van der Waals surface area contributed by atoms with Crippen molar-refractivity contribution in [2.75, 3.05) is 0 Å². The topological polar surface area (TPSA) is 38.9 Å². The minimum absolute atomic E-state index is 0.192. The number of hydrogen-bond acceptors (Lipinski definition) is 2. The van der Waals surface area contributed by atoms with Gasteiger partial charge in [-0.05, 0) is 12.5 Å². The Balaban J connectivity index is 2.08. The molecular formula is C16H27FN2. The molecule has 1 aromatic heterocycles. The van der Waals surface area contributed by atoms with Crippen molar-refractivity contribution in [2.45, 2.75) is 70.8 Å².